The Hall–Kier alpha value is -2.64. The van der Waals surface area contributed by atoms with Crippen LogP contribution in [0, 0.1) is 0 Å². The van der Waals surface area contributed by atoms with Gasteiger partial charge >= 0.3 is 0 Å². The van der Waals surface area contributed by atoms with Crippen molar-refractivity contribution in [2.45, 2.75) is 25.4 Å². The minimum atomic E-state index is 0.0572. The molecule has 1 aromatic carbocycles. The molecule has 158 valence electrons. The summed E-state index contributed by atoms with van der Waals surface area (Å²) in [6.07, 6.45) is 3.91. The maximum Gasteiger partial charge on any atom is 0.272 e. The lowest BCUT2D eigenvalue weighted by Gasteiger charge is -2.43. The lowest BCUT2D eigenvalue weighted by molar-refractivity contribution is 0.0404. The normalized spacial score (nSPS) is 22.3. The molecule has 0 bridgehead atoms. The number of carbonyl (C=O) groups is 1. The van der Waals surface area contributed by atoms with Crippen molar-refractivity contribution in [1.29, 1.82) is 0 Å². The van der Waals surface area contributed by atoms with E-state index in [1.165, 1.54) is 5.56 Å². The van der Waals surface area contributed by atoms with Gasteiger partial charge in [-0.2, -0.15) is 0 Å². The Morgan fingerprint density at radius 1 is 1.03 bits per heavy atom. The molecule has 2 aromatic rings. The molecule has 3 aliphatic rings. The standard InChI is InChI=1S/C23H28N4O3/c28-23(20-5-1-2-8-24-20)27-9-3-4-19(16-27)26-12-10-25(11-13-26)15-18-6-7-21-22(14-18)30-17-29-21/h1-2,5-8,14,19H,3-4,9-13,15-17H2/t19-/m1/s1. The Morgan fingerprint density at radius 2 is 1.90 bits per heavy atom. The highest BCUT2D eigenvalue weighted by molar-refractivity contribution is 5.92. The van der Waals surface area contributed by atoms with Gasteiger partial charge in [-0.1, -0.05) is 12.1 Å². The molecule has 0 spiro atoms. The molecule has 1 aromatic heterocycles. The molecule has 4 heterocycles. The molecular weight excluding hydrogens is 380 g/mol. The number of rotatable bonds is 4. The summed E-state index contributed by atoms with van der Waals surface area (Å²) in [5.41, 5.74) is 1.81. The van der Waals surface area contributed by atoms with Gasteiger partial charge in [0.05, 0.1) is 0 Å². The predicted molar refractivity (Wildman–Crippen MR) is 113 cm³/mol. The van der Waals surface area contributed by atoms with Crippen molar-refractivity contribution in [2.24, 2.45) is 0 Å². The molecule has 0 radical (unpaired) electrons. The van der Waals surface area contributed by atoms with Crippen LogP contribution in [0.25, 0.3) is 0 Å². The fourth-order valence-corrected chi connectivity index (χ4v) is 4.67. The molecule has 0 N–H and O–H groups in total. The second kappa shape index (κ2) is 8.62. The Morgan fingerprint density at radius 3 is 2.73 bits per heavy atom. The highest BCUT2D eigenvalue weighted by atomic mass is 16.7. The maximum atomic E-state index is 12.8. The first kappa shape index (κ1) is 19.3. The second-order valence-corrected chi connectivity index (χ2v) is 8.26. The van der Waals surface area contributed by atoms with E-state index in [0.717, 1.165) is 70.2 Å². The van der Waals surface area contributed by atoms with Gasteiger partial charge in [-0.3, -0.25) is 19.6 Å². The van der Waals surface area contributed by atoms with E-state index in [2.05, 4.69) is 26.9 Å². The highest BCUT2D eigenvalue weighted by Gasteiger charge is 2.30. The maximum absolute atomic E-state index is 12.8. The van der Waals surface area contributed by atoms with Crippen LogP contribution in [0.15, 0.2) is 42.6 Å². The molecule has 30 heavy (non-hydrogen) atoms. The van der Waals surface area contributed by atoms with Crippen molar-refractivity contribution >= 4 is 5.91 Å². The zero-order valence-corrected chi connectivity index (χ0v) is 17.2. The number of likely N-dealkylation sites (tertiary alicyclic amines) is 1. The number of benzene rings is 1. The minimum Gasteiger partial charge on any atom is -0.454 e. The SMILES string of the molecule is O=C(c1ccccn1)N1CCC[C@@H](N2CCN(Cc3ccc4c(c3)OCO4)CC2)C1. The Kier molecular flexibility index (Phi) is 5.55. The first-order valence-corrected chi connectivity index (χ1v) is 10.8. The molecule has 2 saturated heterocycles. The molecule has 0 unspecified atom stereocenters. The number of pyridine rings is 1. The van der Waals surface area contributed by atoms with Crippen molar-refractivity contribution in [3.63, 3.8) is 0 Å². The van der Waals surface area contributed by atoms with Crippen molar-refractivity contribution in [3.05, 3.63) is 53.9 Å². The van der Waals surface area contributed by atoms with Crippen LogP contribution in [0.4, 0.5) is 0 Å². The average molecular weight is 409 g/mol. The fraction of sp³-hybridized carbons (Fsp3) is 0.478. The third-order valence-electron chi connectivity index (χ3n) is 6.33. The third kappa shape index (κ3) is 4.13. The molecule has 3 aliphatic heterocycles. The summed E-state index contributed by atoms with van der Waals surface area (Å²) in [6.45, 7) is 7.05. The highest BCUT2D eigenvalue weighted by Crippen LogP contribution is 2.33. The number of amides is 1. The smallest absolute Gasteiger partial charge is 0.272 e. The molecule has 2 fully saturated rings. The number of piperazine rings is 1. The molecule has 0 aliphatic carbocycles. The van der Waals surface area contributed by atoms with Gasteiger partial charge in [-0.15, -0.1) is 0 Å². The number of aromatic nitrogens is 1. The summed E-state index contributed by atoms with van der Waals surface area (Å²) < 4.78 is 10.9. The molecule has 0 saturated carbocycles. The number of hydrogen-bond acceptors (Lipinski definition) is 6. The molecule has 7 nitrogen and oxygen atoms in total. The van der Waals surface area contributed by atoms with Gasteiger partial charge < -0.3 is 14.4 Å². The number of nitrogens with zero attached hydrogens (tertiary/aromatic N) is 4. The second-order valence-electron chi connectivity index (χ2n) is 8.26. The van der Waals surface area contributed by atoms with E-state index in [1.807, 2.05) is 23.1 Å². The topological polar surface area (TPSA) is 58.1 Å². The van der Waals surface area contributed by atoms with Crippen molar-refractivity contribution < 1.29 is 14.3 Å². The van der Waals surface area contributed by atoms with Gasteiger partial charge in [0.1, 0.15) is 5.69 Å². The van der Waals surface area contributed by atoms with Crippen LogP contribution in [0.3, 0.4) is 0 Å². The summed E-state index contributed by atoms with van der Waals surface area (Å²) in [7, 11) is 0. The number of ether oxygens (including phenoxy) is 2. The fourth-order valence-electron chi connectivity index (χ4n) is 4.67. The molecule has 1 amide bonds. The van der Waals surface area contributed by atoms with Gasteiger partial charge in [0.25, 0.3) is 5.91 Å². The number of carbonyl (C=O) groups excluding carboxylic acids is 1. The summed E-state index contributed by atoms with van der Waals surface area (Å²) in [5.74, 6) is 1.75. The Labute approximate surface area is 177 Å². The quantitative estimate of drug-likeness (QED) is 0.773. The van der Waals surface area contributed by atoms with E-state index in [4.69, 9.17) is 9.47 Å². The summed E-state index contributed by atoms with van der Waals surface area (Å²) in [6, 6.07) is 12.2. The van der Waals surface area contributed by atoms with E-state index in [0.29, 0.717) is 18.5 Å². The van der Waals surface area contributed by atoms with Crippen LogP contribution in [0.1, 0.15) is 28.9 Å². The van der Waals surface area contributed by atoms with E-state index in [9.17, 15) is 4.79 Å². The lowest BCUT2D eigenvalue weighted by atomic mass is 10.0. The first-order chi connectivity index (χ1) is 14.8. The molecule has 1 atom stereocenters. The molecule has 5 rings (SSSR count). The zero-order chi connectivity index (χ0) is 20.3. The van der Waals surface area contributed by atoms with Crippen LogP contribution in [0.5, 0.6) is 11.5 Å². The van der Waals surface area contributed by atoms with E-state index in [1.54, 1.807) is 12.3 Å². The number of piperidine rings is 1. The van der Waals surface area contributed by atoms with Crippen molar-refractivity contribution in [3.8, 4) is 11.5 Å². The predicted octanol–water partition coefficient (Wildman–Crippen LogP) is 2.23. The van der Waals surface area contributed by atoms with Crippen LogP contribution in [-0.2, 0) is 6.54 Å². The van der Waals surface area contributed by atoms with Crippen LogP contribution < -0.4 is 9.47 Å². The third-order valence-corrected chi connectivity index (χ3v) is 6.33. The minimum absolute atomic E-state index is 0.0572. The van der Waals surface area contributed by atoms with E-state index in [-0.39, 0.29) is 5.91 Å². The van der Waals surface area contributed by atoms with Gasteiger partial charge in [-0.05, 0) is 42.7 Å². The van der Waals surface area contributed by atoms with Crippen molar-refractivity contribution in [2.75, 3.05) is 46.1 Å². The van der Waals surface area contributed by atoms with Crippen molar-refractivity contribution in [1.82, 2.24) is 19.7 Å². The van der Waals surface area contributed by atoms with Crippen LogP contribution in [-0.4, -0.2) is 77.7 Å². The summed E-state index contributed by atoms with van der Waals surface area (Å²) in [5, 5.41) is 0. The summed E-state index contributed by atoms with van der Waals surface area (Å²) >= 11 is 0. The van der Waals surface area contributed by atoms with Crippen LogP contribution >= 0.6 is 0 Å². The largest absolute Gasteiger partial charge is 0.454 e. The van der Waals surface area contributed by atoms with Gasteiger partial charge in [0, 0.05) is 58.1 Å². The molecular formula is C23H28N4O3. The zero-order valence-electron chi connectivity index (χ0n) is 17.2. The first-order valence-electron chi connectivity index (χ1n) is 10.8. The van der Waals surface area contributed by atoms with Gasteiger partial charge in [0.2, 0.25) is 6.79 Å². The Balaban J connectivity index is 1.14. The Bertz CT molecular complexity index is 883. The average Bonchev–Trinajstić information content (AvgIpc) is 3.28. The van der Waals surface area contributed by atoms with Crippen LogP contribution in [0.2, 0.25) is 0 Å². The number of hydrogen-bond donors (Lipinski definition) is 0. The van der Waals surface area contributed by atoms with Gasteiger partial charge in [0.15, 0.2) is 11.5 Å². The van der Waals surface area contributed by atoms with E-state index >= 15 is 0 Å². The monoisotopic (exact) mass is 408 g/mol. The lowest BCUT2D eigenvalue weighted by Crippen LogP contribution is -2.55. The molecule has 7 heteroatoms. The number of fused-ring (bicyclic) bond motifs is 1. The van der Waals surface area contributed by atoms with E-state index < -0.39 is 0 Å². The summed E-state index contributed by atoms with van der Waals surface area (Å²) in [4.78, 5) is 24.1. The van der Waals surface area contributed by atoms with Gasteiger partial charge in [-0.25, -0.2) is 0 Å².